The highest BCUT2D eigenvalue weighted by atomic mass is 19.2. The maximum Gasteiger partial charge on any atom is 0.315 e. The van der Waals surface area contributed by atoms with Gasteiger partial charge in [0.1, 0.15) is 0 Å². The van der Waals surface area contributed by atoms with Crippen LogP contribution >= 0.6 is 0 Å². The topological polar surface area (TPSA) is 47.6 Å². The fourth-order valence-electron chi connectivity index (χ4n) is 4.32. The Balaban J connectivity index is 1.17. The Hall–Kier alpha value is -2.67. The number of benzene rings is 2. The Morgan fingerprint density at radius 1 is 1.00 bits per heavy atom. The second-order valence-electron chi connectivity index (χ2n) is 8.26. The van der Waals surface area contributed by atoms with Gasteiger partial charge in [-0.2, -0.15) is 0 Å². The van der Waals surface area contributed by atoms with E-state index in [4.69, 9.17) is 0 Å². The summed E-state index contributed by atoms with van der Waals surface area (Å²) in [5.74, 6) is -1.37. The van der Waals surface area contributed by atoms with Crippen LogP contribution in [0.3, 0.4) is 0 Å². The van der Waals surface area contributed by atoms with Crippen LogP contribution in [-0.2, 0) is 6.54 Å². The third-order valence-corrected chi connectivity index (χ3v) is 5.96. The van der Waals surface area contributed by atoms with E-state index in [0.717, 1.165) is 51.6 Å². The molecule has 2 atom stereocenters. The van der Waals surface area contributed by atoms with Gasteiger partial charge in [0, 0.05) is 57.1 Å². The van der Waals surface area contributed by atoms with Crippen molar-refractivity contribution in [2.24, 2.45) is 5.92 Å². The number of hydrogen-bond donors (Lipinski definition) is 2. The van der Waals surface area contributed by atoms with Gasteiger partial charge in [0.15, 0.2) is 11.6 Å². The van der Waals surface area contributed by atoms with Crippen LogP contribution in [0.1, 0.15) is 18.4 Å². The monoisotopic (exact) mass is 414 g/mol. The van der Waals surface area contributed by atoms with Gasteiger partial charge >= 0.3 is 6.03 Å². The third kappa shape index (κ3) is 5.27. The van der Waals surface area contributed by atoms with E-state index in [2.05, 4.69) is 27.7 Å². The summed E-state index contributed by atoms with van der Waals surface area (Å²) in [6.07, 6.45) is 1.86. The fourth-order valence-corrected chi connectivity index (χ4v) is 4.32. The van der Waals surface area contributed by atoms with Crippen LogP contribution in [0, 0.1) is 17.6 Å². The number of hydrogen-bond acceptors (Lipinski definition) is 3. The molecule has 0 spiro atoms. The minimum Gasteiger partial charge on any atom is -0.371 e. The number of amides is 2. The summed E-state index contributed by atoms with van der Waals surface area (Å²) in [5.41, 5.74) is 1.97. The molecule has 2 amide bonds. The lowest BCUT2D eigenvalue weighted by Crippen LogP contribution is -2.44. The molecular formula is C23H28F2N4O. The number of halogens is 2. The van der Waals surface area contributed by atoms with Gasteiger partial charge in [0.05, 0.1) is 0 Å². The van der Waals surface area contributed by atoms with Gasteiger partial charge in [-0.05, 0) is 36.5 Å². The van der Waals surface area contributed by atoms with E-state index in [0.29, 0.717) is 18.2 Å². The van der Waals surface area contributed by atoms with Crippen molar-refractivity contribution < 1.29 is 13.6 Å². The molecule has 2 N–H and O–H groups in total. The van der Waals surface area contributed by atoms with Crippen LogP contribution in [0.25, 0.3) is 0 Å². The molecule has 160 valence electrons. The second-order valence-corrected chi connectivity index (χ2v) is 8.26. The molecule has 2 aromatic carbocycles. The zero-order chi connectivity index (χ0) is 20.9. The van der Waals surface area contributed by atoms with Crippen LogP contribution in [0.2, 0.25) is 0 Å². The number of nitrogens with one attached hydrogen (secondary N) is 2. The highest BCUT2D eigenvalue weighted by Gasteiger charge is 2.26. The molecule has 2 saturated heterocycles. The van der Waals surface area contributed by atoms with Crippen molar-refractivity contribution in [2.45, 2.75) is 25.4 Å². The van der Waals surface area contributed by atoms with Crippen molar-refractivity contribution in [3.63, 3.8) is 0 Å². The summed E-state index contributed by atoms with van der Waals surface area (Å²) >= 11 is 0. The number of carbonyl (C=O) groups excluding carboxylic acids is 1. The van der Waals surface area contributed by atoms with Gasteiger partial charge in [-0.25, -0.2) is 13.6 Å². The fraction of sp³-hybridized carbons (Fsp3) is 0.435. The van der Waals surface area contributed by atoms with Crippen molar-refractivity contribution in [3.05, 3.63) is 65.7 Å². The highest BCUT2D eigenvalue weighted by molar-refractivity contribution is 5.74. The molecule has 2 aliphatic rings. The second kappa shape index (κ2) is 9.43. The Labute approximate surface area is 176 Å². The summed E-state index contributed by atoms with van der Waals surface area (Å²) in [5, 5.41) is 6.06. The third-order valence-electron chi connectivity index (χ3n) is 5.96. The van der Waals surface area contributed by atoms with Crippen LogP contribution in [0.15, 0.2) is 48.5 Å². The number of rotatable bonds is 6. The minimum absolute atomic E-state index is 0.132. The molecule has 4 rings (SSSR count). The van der Waals surface area contributed by atoms with Crippen LogP contribution in [-0.4, -0.2) is 49.7 Å². The Morgan fingerprint density at radius 3 is 2.63 bits per heavy atom. The lowest BCUT2D eigenvalue weighted by molar-refractivity contribution is 0.234. The lowest BCUT2D eigenvalue weighted by atomic mass is 10.1. The summed E-state index contributed by atoms with van der Waals surface area (Å²) in [7, 11) is 0. The summed E-state index contributed by atoms with van der Waals surface area (Å²) in [4.78, 5) is 16.7. The first kappa shape index (κ1) is 20.6. The average molecular weight is 415 g/mol. The molecule has 0 unspecified atom stereocenters. The summed E-state index contributed by atoms with van der Waals surface area (Å²) in [6.45, 7) is 4.81. The zero-order valence-electron chi connectivity index (χ0n) is 17.0. The summed E-state index contributed by atoms with van der Waals surface area (Å²) < 4.78 is 26.6. The van der Waals surface area contributed by atoms with E-state index >= 15 is 0 Å². The Morgan fingerprint density at radius 2 is 1.83 bits per heavy atom. The van der Waals surface area contributed by atoms with Gasteiger partial charge in [0.2, 0.25) is 0 Å². The van der Waals surface area contributed by atoms with Gasteiger partial charge in [0.25, 0.3) is 0 Å². The number of carbonyl (C=O) groups is 1. The highest BCUT2D eigenvalue weighted by Crippen LogP contribution is 2.25. The largest absolute Gasteiger partial charge is 0.371 e. The zero-order valence-corrected chi connectivity index (χ0v) is 17.0. The minimum atomic E-state index is -0.831. The molecule has 0 bridgehead atoms. The molecule has 2 fully saturated rings. The first-order chi connectivity index (χ1) is 14.6. The van der Waals surface area contributed by atoms with Crippen molar-refractivity contribution in [2.75, 3.05) is 37.6 Å². The smallest absolute Gasteiger partial charge is 0.315 e. The van der Waals surface area contributed by atoms with E-state index in [1.807, 2.05) is 23.1 Å². The Kier molecular flexibility index (Phi) is 6.47. The maximum atomic E-state index is 13.5. The first-order valence-electron chi connectivity index (χ1n) is 10.6. The van der Waals surface area contributed by atoms with Crippen molar-refractivity contribution in [1.29, 1.82) is 0 Å². The number of urea groups is 1. The van der Waals surface area contributed by atoms with E-state index in [-0.39, 0.29) is 12.1 Å². The van der Waals surface area contributed by atoms with Gasteiger partial charge < -0.3 is 15.5 Å². The van der Waals surface area contributed by atoms with E-state index in [1.54, 1.807) is 6.07 Å². The van der Waals surface area contributed by atoms with Crippen LogP contribution in [0.4, 0.5) is 19.3 Å². The number of anilines is 1. The van der Waals surface area contributed by atoms with Crippen LogP contribution in [0.5, 0.6) is 0 Å². The van der Waals surface area contributed by atoms with E-state index < -0.39 is 11.6 Å². The molecule has 2 heterocycles. The maximum absolute atomic E-state index is 13.5. The SMILES string of the molecule is O=C(NC[C@@H]1CCN(c2ccc(F)c(F)c2)C1)N[C@H]1CCN(Cc2ccccc2)C1. The molecule has 2 aliphatic heterocycles. The standard InChI is InChI=1S/C23H28F2N4O/c24-21-7-6-20(12-22(21)25)29-11-8-18(15-29)13-26-23(30)27-19-9-10-28(16-19)14-17-4-2-1-3-5-17/h1-7,12,18-19H,8-11,13-16H2,(H2,26,27,30)/t18-,19-/m0/s1. The number of likely N-dealkylation sites (tertiary alicyclic amines) is 1. The van der Waals surface area contributed by atoms with E-state index in [1.165, 1.54) is 11.6 Å². The van der Waals surface area contributed by atoms with Gasteiger partial charge in [-0.1, -0.05) is 30.3 Å². The average Bonchev–Trinajstić information content (AvgIpc) is 3.39. The summed E-state index contributed by atoms with van der Waals surface area (Å²) in [6, 6.07) is 14.4. The molecule has 2 aromatic rings. The van der Waals surface area contributed by atoms with Gasteiger partial charge in [-0.3, -0.25) is 4.90 Å². The predicted molar refractivity (Wildman–Crippen MR) is 113 cm³/mol. The van der Waals surface area contributed by atoms with E-state index in [9.17, 15) is 13.6 Å². The van der Waals surface area contributed by atoms with Crippen molar-refractivity contribution >= 4 is 11.7 Å². The molecular weight excluding hydrogens is 386 g/mol. The lowest BCUT2D eigenvalue weighted by Gasteiger charge is -2.20. The quantitative estimate of drug-likeness (QED) is 0.762. The normalized spacial score (nSPS) is 21.7. The van der Waals surface area contributed by atoms with Gasteiger partial charge in [-0.15, -0.1) is 0 Å². The number of nitrogens with zero attached hydrogens (tertiary/aromatic N) is 2. The van der Waals surface area contributed by atoms with Crippen LogP contribution < -0.4 is 15.5 Å². The van der Waals surface area contributed by atoms with Crippen molar-refractivity contribution in [1.82, 2.24) is 15.5 Å². The first-order valence-corrected chi connectivity index (χ1v) is 10.6. The molecule has 5 nitrogen and oxygen atoms in total. The molecule has 0 saturated carbocycles. The molecule has 0 aliphatic carbocycles. The van der Waals surface area contributed by atoms with Crippen molar-refractivity contribution in [3.8, 4) is 0 Å². The predicted octanol–water partition coefficient (Wildman–Crippen LogP) is 3.36. The molecule has 7 heteroatoms. The Bertz CT molecular complexity index is 864. The molecule has 0 aromatic heterocycles. The molecule has 0 radical (unpaired) electrons. The molecule has 30 heavy (non-hydrogen) atoms.